The van der Waals surface area contributed by atoms with Crippen LogP contribution in [0.3, 0.4) is 0 Å². The van der Waals surface area contributed by atoms with Crippen molar-refractivity contribution in [3.05, 3.63) is 47.5 Å². The SMILES string of the molecule is COc1ccc(-n2c(C)cc(-c3nc(C4(N)CCC4)no3)c2C)cc1.Cl. The molecule has 0 saturated heterocycles. The molecule has 0 unspecified atom stereocenters. The van der Waals surface area contributed by atoms with Crippen molar-refractivity contribution in [3.63, 3.8) is 0 Å². The molecular formula is C19H23ClN4O2. The molecule has 0 bridgehead atoms. The third kappa shape index (κ3) is 2.89. The van der Waals surface area contributed by atoms with E-state index in [0.29, 0.717) is 11.7 Å². The molecule has 0 atom stereocenters. The highest BCUT2D eigenvalue weighted by atomic mass is 35.5. The third-order valence-corrected chi connectivity index (χ3v) is 5.11. The number of hydrogen-bond donors (Lipinski definition) is 1. The lowest BCUT2D eigenvalue weighted by molar-refractivity contribution is 0.229. The summed E-state index contributed by atoms with van der Waals surface area (Å²) in [6.07, 6.45) is 2.94. The van der Waals surface area contributed by atoms with Gasteiger partial charge in [-0.3, -0.25) is 0 Å². The highest BCUT2D eigenvalue weighted by molar-refractivity contribution is 5.85. The van der Waals surface area contributed by atoms with Gasteiger partial charge in [0.25, 0.3) is 5.89 Å². The van der Waals surface area contributed by atoms with E-state index in [-0.39, 0.29) is 12.4 Å². The van der Waals surface area contributed by atoms with Gasteiger partial charge >= 0.3 is 0 Å². The minimum Gasteiger partial charge on any atom is -0.497 e. The number of aryl methyl sites for hydroxylation is 1. The molecular weight excluding hydrogens is 352 g/mol. The van der Waals surface area contributed by atoms with Crippen LogP contribution in [-0.2, 0) is 5.54 Å². The van der Waals surface area contributed by atoms with Gasteiger partial charge in [-0.05, 0) is 63.4 Å². The van der Waals surface area contributed by atoms with Gasteiger partial charge in [0.2, 0.25) is 0 Å². The van der Waals surface area contributed by atoms with Crippen molar-refractivity contribution in [2.24, 2.45) is 5.73 Å². The Hall–Kier alpha value is -2.31. The van der Waals surface area contributed by atoms with Gasteiger partial charge in [0.1, 0.15) is 5.75 Å². The van der Waals surface area contributed by atoms with E-state index >= 15 is 0 Å². The predicted octanol–water partition coefficient (Wildman–Crippen LogP) is 3.91. The Morgan fingerprint density at radius 3 is 2.46 bits per heavy atom. The van der Waals surface area contributed by atoms with Crippen molar-refractivity contribution >= 4 is 12.4 Å². The predicted molar refractivity (Wildman–Crippen MR) is 102 cm³/mol. The molecule has 0 amide bonds. The Morgan fingerprint density at radius 1 is 1.19 bits per heavy atom. The Labute approximate surface area is 158 Å². The average Bonchev–Trinajstić information content (AvgIpc) is 3.18. The summed E-state index contributed by atoms with van der Waals surface area (Å²) < 4.78 is 12.9. The second-order valence-corrected chi connectivity index (χ2v) is 6.75. The molecule has 138 valence electrons. The second kappa shape index (κ2) is 6.78. The summed E-state index contributed by atoms with van der Waals surface area (Å²) in [5, 5.41) is 4.12. The molecule has 2 aromatic heterocycles. The average molecular weight is 375 g/mol. The fraction of sp³-hybridized carbons (Fsp3) is 0.368. The summed E-state index contributed by atoms with van der Waals surface area (Å²) in [5.41, 5.74) is 10.1. The lowest BCUT2D eigenvalue weighted by Crippen LogP contribution is -2.44. The smallest absolute Gasteiger partial charge is 0.259 e. The van der Waals surface area contributed by atoms with Crippen LogP contribution in [0.2, 0.25) is 0 Å². The number of halogens is 1. The van der Waals surface area contributed by atoms with Crippen LogP contribution < -0.4 is 10.5 Å². The Kier molecular flexibility index (Phi) is 4.82. The van der Waals surface area contributed by atoms with Crippen LogP contribution in [0.5, 0.6) is 5.75 Å². The fourth-order valence-electron chi connectivity index (χ4n) is 3.42. The Morgan fingerprint density at radius 2 is 1.88 bits per heavy atom. The molecule has 1 aliphatic rings. The topological polar surface area (TPSA) is 79.1 Å². The van der Waals surface area contributed by atoms with E-state index in [1.165, 1.54) is 0 Å². The number of nitrogens with two attached hydrogens (primary N) is 1. The number of methoxy groups -OCH3 is 1. The third-order valence-electron chi connectivity index (χ3n) is 5.11. The molecule has 3 aromatic rings. The molecule has 1 fully saturated rings. The summed E-state index contributed by atoms with van der Waals surface area (Å²) in [5.74, 6) is 1.98. The number of nitrogens with zero attached hydrogens (tertiary/aromatic N) is 3. The van der Waals surface area contributed by atoms with Crippen LogP contribution >= 0.6 is 12.4 Å². The van der Waals surface area contributed by atoms with Crippen molar-refractivity contribution in [2.45, 2.75) is 38.6 Å². The first-order chi connectivity index (χ1) is 12.0. The van der Waals surface area contributed by atoms with E-state index in [0.717, 1.165) is 47.7 Å². The van der Waals surface area contributed by atoms with Crippen LogP contribution in [-0.4, -0.2) is 21.8 Å². The van der Waals surface area contributed by atoms with Crippen molar-refractivity contribution in [2.75, 3.05) is 7.11 Å². The van der Waals surface area contributed by atoms with Gasteiger partial charge < -0.3 is 19.6 Å². The number of benzene rings is 1. The normalized spacial score (nSPS) is 15.2. The maximum Gasteiger partial charge on any atom is 0.259 e. The zero-order valence-electron chi connectivity index (χ0n) is 15.2. The monoisotopic (exact) mass is 374 g/mol. The molecule has 0 aliphatic heterocycles. The minimum atomic E-state index is -0.413. The van der Waals surface area contributed by atoms with E-state index in [1.54, 1.807) is 7.11 Å². The molecule has 1 aliphatic carbocycles. The van der Waals surface area contributed by atoms with Gasteiger partial charge in [0.15, 0.2) is 5.82 Å². The zero-order chi connectivity index (χ0) is 17.6. The van der Waals surface area contributed by atoms with E-state index in [4.69, 9.17) is 15.0 Å². The summed E-state index contributed by atoms with van der Waals surface area (Å²) in [6, 6.07) is 10.0. The molecule has 26 heavy (non-hydrogen) atoms. The highest BCUT2D eigenvalue weighted by Gasteiger charge is 2.39. The molecule has 0 radical (unpaired) electrons. The van der Waals surface area contributed by atoms with E-state index in [9.17, 15) is 0 Å². The van der Waals surface area contributed by atoms with Gasteiger partial charge in [0, 0.05) is 17.1 Å². The molecule has 1 saturated carbocycles. The summed E-state index contributed by atoms with van der Waals surface area (Å²) in [7, 11) is 1.67. The van der Waals surface area contributed by atoms with E-state index < -0.39 is 5.54 Å². The van der Waals surface area contributed by atoms with E-state index in [1.807, 2.05) is 24.3 Å². The highest BCUT2D eigenvalue weighted by Crippen LogP contribution is 2.38. The van der Waals surface area contributed by atoms with Gasteiger partial charge in [-0.1, -0.05) is 5.16 Å². The fourth-order valence-corrected chi connectivity index (χ4v) is 3.42. The van der Waals surface area contributed by atoms with Gasteiger partial charge in [-0.15, -0.1) is 12.4 Å². The van der Waals surface area contributed by atoms with Gasteiger partial charge in [-0.2, -0.15) is 4.98 Å². The lowest BCUT2D eigenvalue weighted by Gasteiger charge is -2.34. The molecule has 1 aromatic carbocycles. The van der Waals surface area contributed by atoms with Crippen LogP contribution in [0, 0.1) is 13.8 Å². The van der Waals surface area contributed by atoms with Gasteiger partial charge in [0.05, 0.1) is 18.2 Å². The molecule has 0 spiro atoms. The quantitative estimate of drug-likeness (QED) is 0.748. The van der Waals surface area contributed by atoms with Crippen molar-refractivity contribution < 1.29 is 9.26 Å². The number of aromatic nitrogens is 3. The molecule has 7 heteroatoms. The van der Waals surface area contributed by atoms with Crippen molar-refractivity contribution in [3.8, 4) is 22.9 Å². The summed E-state index contributed by atoms with van der Waals surface area (Å²) in [4.78, 5) is 4.57. The van der Waals surface area contributed by atoms with E-state index in [2.05, 4.69) is 34.6 Å². The number of ether oxygens (including phenoxy) is 1. The van der Waals surface area contributed by atoms with Crippen LogP contribution in [0.25, 0.3) is 17.1 Å². The Bertz CT molecular complexity index is 910. The second-order valence-electron chi connectivity index (χ2n) is 6.75. The summed E-state index contributed by atoms with van der Waals surface area (Å²) >= 11 is 0. The van der Waals surface area contributed by atoms with Crippen LogP contribution in [0.1, 0.15) is 36.5 Å². The lowest BCUT2D eigenvalue weighted by atomic mass is 9.77. The van der Waals surface area contributed by atoms with Crippen molar-refractivity contribution in [1.82, 2.24) is 14.7 Å². The zero-order valence-corrected chi connectivity index (χ0v) is 16.0. The standard InChI is InChI=1S/C19H22N4O2.ClH/c1-12-11-16(17-21-18(22-25-17)19(20)9-4-10-19)13(2)23(12)14-5-7-15(24-3)8-6-14;/h5-8,11H,4,9-10,20H2,1-3H3;1H. The van der Waals surface area contributed by atoms with Gasteiger partial charge in [-0.25, -0.2) is 0 Å². The molecule has 2 N–H and O–H groups in total. The first-order valence-corrected chi connectivity index (χ1v) is 8.49. The number of hydrogen-bond acceptors (Lipinski definition) is 5. The van der Waals surface area contributed by atoms with Crippen molar-refractivity contribution in [1.29, 1.82) is 0 Å². The maximum atomic E-state index is 6.31. The number of rotatable bonds is 4. The summed E-state index contributed by atoms with van der Waals surface area (Å²) in [6.45, 7) is 4.12. The van der Waals surface area contributed by atoms with Crippen LogP contribution in [0.15, 0.2) is 34.9 Å². The molecule has 4 rings (SSSR count). The van der Waals surface area contributed by atoms with Crippen LogP contribution in [0.4, 0.5) is 0 Å². The Balaban J connectivity index is 0.00000196. The largest absolute Gasteiger partial charge is 0.497 e. The first kappa shape index (κ1) is 18.5. The first-order valence-electron chi connectivity index (χ1n) is 8.49. The maximum absolute atomic E-state index is 6.31. The molecule has 2 heterocycles. The molecule has 6 nitrogen and oxygen atoms in total. The minimum absolute atomic E-state index is 0.